The minimum absolute atomic E-state index is 0.126. The highest BCUT2D eigenvalue weighted by Crippen LogP contribution is 2.20. The van der Waals surface area contributed by atoms with Gasteiger partial charge in [0.15, 0.2) is 0 Å². The van der Waals surface area contributed by atoms with Crippen molar-refractivity contribution in [2.24, 2.45) is 0 Å². The highest BCUT2D eigenvalue weighted by Gasteiger charge is 2.29. The zero-order valence-electron chi connectivity index (χ0n) is 13.3. The summed E-state index contributed by atoms with van der Waals surface area (Å²) in [5.41, 5.74) is 1.20. The fourth-order valence-corrected chi connectivity index (χ4v) is 2.86. The Morgan fingerprint density at radius 2 is 2.12 bits per heavy atom. The molecular formula is C16H19N5O3. The van der Waals surface area contributed by atoms with Gasteiger partial charge >= 0.3 is 5.97 Å². The SMILES string of the molecule is CN1C[C@H](Nc2nccc(-c3cc(C(=O)O)ccn3)n2)C[C@H]1CO. The van der Waals surface area contributed by atoms with Gasteiger partial charge in [0.1, 0.15) is 0 Å². The summed E-state index contributed by atoms with van der Waals surface area (Å²) >= 11 is 0. The molecule has 0 saturated carbocycles. The van der Waals surface area contributed by atoms with Crippen molar-refractivity contribution in [3.63, 3.8) is 0 Å². The molecule has 0 aliphatic carbocycles. The number of aromatic carboxylic acids is 1. The maximum atomic E-state index is 11.1. The van der Waals surface area contributed by atoms with Crippen LogP contribution in [0.5, 0.6) is 0 Å². The summed E-state index contributed by atoms with van der Waals surface area (Å²) in [6.07, 6.45) is 3.88. The van der Waals surface area contributed by atoms with Crippen LogP contribution in [-0.2, 0) is 0 Å². The van der Waals surface area contributed by atoms with Crippen LogP contribution in [0.2, 0.25) is 0 Å². The van der Waals surface area contributed by atoms with E-state index in [0.29, 0.717) is 17.3 Å². The van der Waals surface area contributed by atoms with Gasteiger partial charge in [-0.15, -0.1) is 0 Å². The Balaban J connectivity index is 1.77. The van der Waals surface area contributed by atoms with Crippen molar-refractivity contribution in [3.05, 3.63) is 36.2 Å². The van der Waals surface area contributed by atoms with E-state index in [1.54, 1.807) is 12.3 Å². The van der Waals surface area contributed by atoms with E-state index < -0.39 is 5.97 Å². The van der Waals surface area contributed by atoms with Gasteiger partial charge in [-0.3, -0.25) is 9.88 Å². The van der Waals surface area contributed by atoms with Crippen LogP contribution in [0.25, 0.3) is 11.4 Å². The first-order valence-electron chi connectivity index (χ1n) is 7.67. The second-order valence-corrected chi connectivity index (χ2v) is 5.85. The van der Waals surface area contributed by atoms with Crippen LogP contribution in [0, 0.1) is 0 Å². The number of likely N-dealkylation sites (N-methyl/N-ethyl adjacent to an activating group) is 1. The fraction of sp³-hybridized carbons (Fsp3) is 0.375. The molecule has 0 unspecified atom stereocenters. The third-order valence-electron chi connectivity index (χ3n) is 4.16. The van der Waals surface area contributed by atoms with Gasteiger partial charge in [0.2, 0.25) is 5.95 Å². The van der Waals surface area contributed by atoms with Crippen LogP contribution in [0.3, 0.4) is 0 Å². The van der Waals surface area contributed by atoms with Gasteiger partial charge in [-0.2, -0.15) is 0 Å². The number of nitrogens with zero attached hydrogens (tertiary/aromatic N) is 4. The van der Waals surface area contributed by atoms with E-state index in [4.69, 9.17) is 5.11 Å². The molecule has 24 heavy (non-hydrogen) atoms. The zero-order chi connectivity index (χ0) is 17.1. The maximum absolute atomic E-state index is 11.1. The van der Waals surface area contributed by atoms with E-state index >= 15 is 0 Å². The summed E-state index contributed by atoms with van der Waals surface area (Å²) < 4.78 is 0. The van der Waals surface area contributed by atoms with Crippen molar-refractivity contribution in [2.45, 2.75) is 18.5 Å². The summed E-state index contributed by atoms with van der Waals surface area (Å²) in [6, 6.07) is 4.91. The molecule has 3 N–H and O–H groups in total. The van der Waals surface area contributed by atoms with Crippen molar-refractivity contribution in [1.29, 1.82) is 0 Å². The van der Waals surface area contributed by atoms with Gasteiger partial charge < -0.3 is 15.5 Å². The second-order valence-electron chi connectivity index (χ2n) is 5.85. The molecule has 1 saturated heterocycles. The number of likely N-dealkylation sites (tertiary alicyclic amines) is 1. The normalized spacial score (nSPS) is 20.9. The quantitative estimate of drug-likeness (QED) is 0.735. The van der Waals surface area contributed by atoms with Gasteiger partial charge in [-0.05, 0) is 31.7 Å². The van der Waals surface area contributed by atoms with Crippen LogP contribution in [-0.4, -0.2) is 68.3 Å². The van der Waals surface area contributed by atoms with Gasteiger partial charge in [-0.1, -0.05) is 0 Å². The van der Waals surface area contributed by atoms with Gasteiger partial charge in [-0.25, -0.2) is 14.8 Å². The molecule has 1 aliphatic rings. The molecule has 0 aromatic carbocycles. The standard InChI is InChI=1S/C16H19N5O3/c1-21-8-11(7-12(21)9-22)19-16-18-5-3-13(20-16)14-6-10(15(23)24)2-4-17-14/h2-6,11-12,22H,7-9H2,1H3,(H,23,24)(H,18,19,20)/t11-,12+/m1/s1. The lowest BCUT2D eigenvalue weighted by Gasteiger charge is -2.15. The van der Waals surface area contributed by atoms with Crippen molar-refractivity contribution >= 4 is 11.9 Å². The molecule has 126 valence electrons. The van der Waals surface area contributed by atoms with E-state index in [1.165, 1.54) is 18.3 Å². The largest absolute Gasteiger partial charge is 0.478 e. The number of carboxylic acid groups (broad SMARTS) is 1. The molecule has 0 amide bonds. The number of carbonyl (C=O) groups is 1. The Labute approximate surface area is 139 Å². The Morgan fingerprint density at radius 1 is 1.33 bits per heavy atom. The Hall–Kier alpha value is -2.58. The topological polar surface area (TPSA) is 111 Å². The van der Waals surface area contributed by atoms with Crippen LogP contribution < -0.4 is 5.32 Å². The monoisotopic (exact) mass is 329 g/mol. The number of aliphatic hydroxyl groups is 1. The van der Waals surface area contributed by atoms with Crippen LogP contribution in [0.1, 0.15) is 16.8 Å². The number of aliphatic hydroxyl groups excluding tert-OH is 1. The predicted octanol–water partition coefficient (Wildman–Crippen LogP) is 0.714. The minimum atomic E-state index is -1.00. The number of aromatic nitrogens is 3. The Bertz CT molecular complexity index is 739. The lowest BCUT2D eigenvalue weighted by molar-refractivity contribution is 0.0697. The van der Waals surface area contributed by atoms with Crippen molar-refractivity contribution in [2.75, 3.05) is 25.5 Å². The summed E-state index contributed by atoms with van der Waals surface area (Å²) in [5.74, 6) is -0.540. The van der Waals surface area contributed by atoms with Gasteiger partial charge in [0.25, 0.3) is 0 Å². The lowest BCUT2D eigenvalue weighted by atomic mass is 10.2. The maximum Gasteiger partial charge on any atom is 0.335 e. The predicted molar refractivity (Wildman–Crippen MR) is 87.8 cm³/mol. The first kappa shape index (κ1) is 16.3. The first-order valence-corrected chi connectivity index (χ1v) is 7.67. The van der Waals surface area contributed by atoms with E-state index in [9.17, 15) is 9.90 Å². The minimum Gasteiger partial charge on any atom is -0.478 e. The van der Waals surface area contributed by atoms with E-state index in [1.807, 2.05) is 7.05 Å². The molecule has 0 bridgehead atoms. The number of hydrogen-bond donors (Lipinski definition) is 3. The summed E-state index contributed by atoms with van der Waals surface area (Å²) in [6.45, 7) is 0.924. The molecule has 8 nitrogen and oxygen atoms in total. The number of rotatable bonds is 5. The molecule has 1 aliphatic heterocycles. The van der Waals surface area contributed by atoms with Crippen LogP contribution in [0.4, 0.5) is 5.95 Å². The van der Waals surface area contributed by atoms with Crippen LogP contribution in [0.15, 0.2) is 30.6 Å². The number of hydrogen-bond acceptors (Lipinski definition) is 7. The zero-order valence-corrected chi connectivity index (χ0v) is 13.3. The van der Waals surface area contributed by atoms with Crippen LogP contribution >= 0.6 is 0 Å². The summed E-state index contributed by atoms with van der Waals surface area (Å²) in [5, 5.41) is 21.7. The molecule has 3 rings (SSSR count). The summed E-state index contributed by atoms with van der Waals surface area (Å²) in [7, 11) is 1.97. The van der Waals surface area contributed by atoms with E-state index in [-0.39, 0.29) is 24.3 Å². The number of carboxylic acids is 1. The van der Waals surface area contributed by atoms with Gasteiger partial charge in [0.05, 0.1) is 23.6 Å². The van der Waals surface area contributed by atoms with Crippen molar-refractivity contribution < 1.29 is 15.0 Å². The molecule has 0 radical (unpaired) electrons. The smallest absolute Gasteiger partial charge is 0.335 e. The fourth-order valence-electron chi connectivity index (χ4n) is 2.86. The lowest BCUT2D eigenvalue weighted by Crippen LogP contribution is -2.28. The third-order valence-corrected chi connectivity index (χ3v) is 4.16. The number of anilines is 1. The molecule has 3 heterocycles. The molecule has 1 fully saturated rings. The van der Waals surface area contributed by atoms with Crippen molar-refractivity contribution in [3.8, 4) is 11.4 Å². The molecular weight excluding hydrogens is 310 g/mol. The number of pyridine rings is 1. The average Bonchev–Trinajstić information content (AvgIpc) is 2.94. The Morgan fingerprint density at radius 3 is 2.83 bits per heavy atom. The third kappa shape index (κ3) is 3.50. The molecule has 2 aromatic heterocycles. The Kier molecular flexibility index (Phi) is 4.68. The van der Waals surface area contributed by atoms with E-state index in [2.05, 4.69) is 25.2 Å². The summed E-state index contributed by atoms with van der Waals surface area (Å²) in [4.78, 5) is 26.0. The highest BCUT2D eigenvalue weighted by molar-refractivity contribution is 5.88. The molecule has 2 aromatic rings. The molecule has 8 heteroatoms. The average molecular weight is 329 g/mol. The molecule has 0 spiro atoms. The molecule has 2 atom stereocenters. The highest BCUT2D eigenvalue weighted by atomic mass is 16.4. The van der Waals surface area contributed by atoms with E-state index in [0.717, 1.165) is 13.0 Å². The van der Waals surface area contributed by atoms with Crippen molar-refractivity contribution in [1.82, 2.24) is 19.9 Å². The van der Waals surface area contributed by atoms with Gasteiger partial charge in [0, 0.05) is 31.0 Å². The first-order chi connectivity index (χ1) is 11.6. The second kappa shape index (κ2) is 6.90. The number of nitrogens with one attached hydrogen (secondary N) is 1.